The fourth-order valence-electron chi connectivity index (χ4n) is 2.51. The third-order valence-corrected chi connectivity index (χ3v) is 3.98. The molecular formula is C14H16BrF3O2. The molecule has 1 unspecified atom stereocenters. The van der Waals surface area contributed by atoms with Crippen LogP contribution in [0, 0.1) is 0 Å². The molecule has 1 N–H and O–H groups in total. The van der Waals surface area contributed by atoms with Crippen LogP contribution >= 0.6 is 15.9 Å². The van der Waals surface area contributed by atoms with Gasteiger partial charge in [0.05, 0.1) is 6.10 Å². The van der Waals surface area contributed by atoms with E-state index in [9.17, 15) is 18.3 Å². The van der Waals surface area contributed by atoms with Crippen LogP contribution in [0.1, 0.15) is 44.3 Å². The Morgan fingerprint density at radius 3 is 2.80 bits per heavy atom. The Kier molecular flexibility index (Phi) is 4.35. The minimum atomic E-state index is -4.15. The van der Waals surface area contributed by atoms with Crippen molar-refractivity contribution in [1.82, 2.24) is 0 Å². The predicted octanol–water partition coefficient (Wildman–Crippen LogP) is 4.76. The minimum Gasteiger partial charge on any atom is -0.487 e. The summed E-state index contributed by atoms with van der Waals surface area (Å²) in [4.78, 5) is 0. The first kappa shape index (κ1) is 15.6. The number of fused-ring (bicyclic) bond motifs is 1. The lowest BCUT2D eigenvalue weighted by atomic mass is 9.86. The zero-order valence-electron chi connectivity index (χ0n) is 11.0. The quantitative estimate of drug-likeness (QED) is 0.849. The van der Waals surface area contributed by atoms with E-state index in [0.29, 0.717) is 17.7 Å². The van der Waals surface area contributed by atoms with Gasteiger partial charge in [0.2, 0.25) is 0 Å². The summed E-state index contributed by atoms with van der Waals surface area (Å²) in [6.45, 7) is 1.75. The molecule has 0 radical (unpaired) electrons. The molecule has 2 rings (SSSR count). The summed E-state index contributed by atoms with van der Waals surface area (Å²) in [5, 5.41) is 10.1. The van der Waals surface area contributed by atoms with Gasteiger partial charge in [0.25, 0.3) is 0 Å². The molecule has 20 heavy (non-hydrogen) atoms. The van der Waals surface area contributed by atoms with Gasteiger partial charge < -0.3 is 9.84 Å². The summed E-state index contributed by atoms with van der Waals surface area (Å²) in [7, 11) is 0. The first-order valence-corrected chi connectivity index (χ1v) is 7.21. The number of alkyl halides is 3. The van der Waals surface area contributed by atoms with Gasteiger partial charge in [0.15, 0.2) is 0 Å². The Balaban J connectivity index is 2.08. The topological polar surface area (TPSA) is 29.5 Å². The zero-order chi connectivity index (χ0) is 15.0. The molecule has 1 aliphatic heterocycles. The van der Waals surface area contributed by atoms with Gasteiger partial charge in [0, 0.05) is 22.9 Å². The van der Waals surface area contributed by atoms with Crippen LogP contribution in [0.4, 0.5) is 13.2 Å². The Bertz CT molecular complexity index is 490. The molecular weight excluding hydrogens is 337 g/mol. The van der Waals surface area contributed by atoms with E-state index < -0.39 is 24.3 Å². The van der Waals surface area contributed by atoms with Crippen LogP contribution in [0.2, 0.25) is 0 Å². The Labute approximate surface area is 124 Å². The maximum atomic E-state index is 12.2. The Hall–Kier alpha value is -0.750. The molecule has 112 valence electrons. The first-order valence-electron chi connectivity index (χ1n) is 6.42. The van der Waals surface area contributed by atoms with Crippen molar-refractivity contribution in [2.75, 3.05) is 0 Å². The molecule has 0 fully saturated rings. The van der Waals surface area contributed by atoms with Crippen molar-refractivity contribution in [1.29, 1.82) is 0 Å². The van der Waals surface area contributed by atoms with Crippen LogP contribution in [0.25, 0.3) is 0 Å². The lowest BCUT2D eigenvalue weighted by Gasteiger charge is -2.38. The SMILES string of the molecule is CC1(CCCC(F)(F)F)C[C@@H](O)c2ccc(Br)cc2O1. The largest absolute Gasteiger partial charge is 0.487 e. The molecule has 1 aromatic rings. The fourth-order valence-corrected chi connectivity index (χ4v) is 2.85. The molecule has 2 nitrogen and oxygen atoms in total. The summed E-state index contributed by atoms with van der Waals surface area (Å²) in [6.07, 6.45) is -5.12. The van der Waals surface area contributed by atoms with Crippen molar-refractivity contribution in [2.45, 2.75) is 50.5 Å². The molecule has 0 aromatic heterocycles. The fraction of sp³-hybridized carbons (Fsp3) is 0.571. The lowest BCUT2D eigenvalue weighted by molar-refractivity contribution is -0.138. The number of aliphatic hydroxyl groups is 1. The van der Waals surface area contributed by atoms with Crippen molar-refractivity contribution < 1.29 is 23.0 Å². The first-order chi connectivity index (χ1) is 9.19. The summed E-state index contributed by atoms with van der Waals surface area (Å²) in [6, 6.07) is 5.30. The monoisotopic (exact) mass is 352 g/mol. The molecule has 2 atom stereocenters. The Morgan fingerprint density at radius 2 is 2.15 bits per heavy atom. The number of hydrogen-bond acceptors (Lipinski definition) is 2. The van der Waals surface area contributed by atoms with Crippen molar-refractivity contribution in [3.8, 4) is 5.75 Å². The van der Waals surface area contributed by atoms with Gasteiger partial charge in [-0.15, -0.1) is 0 Å². The highest BCUT2D eigenvalue weighted by atomic mass is 79.9. The number of halogens is 4. The zero-order valence-corrected chi connectivity index (χ0v) is 12.6. The molecule has 0 saturated carbocycles. The normalized spacial score (nSPS) is 26.0. The molecule has 6 heteroatoms. The molecule has 0 bridgehead atoms. The number of benzene rings is 1. The van der Waals surface area contributed by atoms with Crippen LogP contribution < -0.4 is 4.74 Å². The summed E-state index contributed by atoms with van der Waals surface area (Å²) >= 11 is 3.32. The van der Waals surface area contributed by atoms with E-state index in [2.05, 4.69) is 15.9 Å². The maximum absolute atomic E-state index is 12.2. The second kappa shape index (κ2) is 5.56. The van der Waals surface area contributed by atoms with Gasteiger partial charge in [0.1, 0.15) is 11.4 Å². The van der Waals surface area contributed by atoms with Crippen molar-refractivity contribution in [3.05, 3.63) is 28.2 Å². The predicted molar refractivity (Wildman–Crippen MR) is 72.7 cm³/mol. The van der Waals surface area contributed by atoms with Gasteiger partial charge in [-0.2, -0.15) is 13.2 Å². The van der Waals surface area contributed by atoms with Crippen LogP contribution in [-0.4, -0.2) is 16.9 Å². The molecule has 1 aromatic carbocycles. The molecule has 1 aliphatic rings. The van der Waals surface area contributed by atoms with E-state index in [0.717, 1.165) is 4.47 Å². The molecule has 0 spiro atoms. The standard InChI is InChI=1S/C14H16BrF3O2/c1-13(5-2-6-14(16,17)18)8-11(19)10-4-3-9(15)7-12(10)20-13/h3-4,7,11,19H,2,5-6,8H2,1H3/t11-,13?/m1/s1. The number of hydrogen-bond donors (Lipinski definition) is 1. The van der Waals surface area contributed by atoms with Crippen LogP contribution in [-0.2, 0) is 0 Å². The van der Waals surface area contributed by atoms with Gasteiger partial charge in [-0.25, -0.2) is 0 Å². The van der Waals surface area contributed by atoms with E-state index in [4.69, 9.17) is 4.74 Å². The van der Waals surface area contributed by atoms with E-state index in [1.807, 2.05) is 0 Å². The number of rotatable bonds is 3. The third-order valence-electron chi connectivity index (χ3n) is 3.48. The van der Waals surface area contributed by atoms with Crippen molar-refractivity contribution in [2.24, 2.45) is 0 Å². The van der Waals surface area contributed by atoms with Gasteiger partial charge >= 0.3 is 6.18 Å². The van der Waals surface area contributed by atoms with Crippen molar-refractivity contribution in [3.63, 3.8) is 0 Å². The average molecular weight is 353 g/mol. The smallest absolute Gasteiger partial charge is 0.389 e. The van der Waals surface area contributed by atoms with Gasteiger partial charge in [-0.3, -0.25) is 0 Å². The van der Waals surface area contributed by atoms with Crippen LogP contribution in [0.5, 0.6) is 5.75 Å². The second-order valence-corrected chi connectivity index (χ2v) is 6.34. The summed E-state index contributed by atoms with van der Waals surface area (Å²) in [5.74, 6) is 0.535. The highest BCUT2D eigenvalue weighted by Gasteiger charge is 2.37. The molecule has 0 amide bonds. The summed E-state index contributed by atoms with van der Waals surface area (Å²) in [5.41, 5.74) is -0.0835. The second-order valence-electron chi connectivity index (χ2n) is 5.42. The van der Waals surface area contributed by atoms with Gasteiger partial charge in [-0.05, 0) is 31.9 Å². The summed E-state index contributed by atoms with van der Waals surface area (Å²) < 4.78 is 43.3. The van der Waals surface area contributed by atoms with Crippen molar-refractivity contribution >= 4 is 15.9 Å². The highest BCUT2D eigenvalue weighted by Crippen LogP contribution is 2.43. The maximum Gasteiger partial charge on any atom is 0.389 e. The average Bonchev–Trinajstić information content (AvgIpc) is 2.25. The number of ether oxygens (including phenoxy) is 1. The van der Waals surface area contributed by atoms with Crippen LogP contribution in [0.3, 0.4) is 0 Å². The molecule has 0 saturated heterocycles. The van der Waals surface area contributed by atoms with E-state index in [1.54, 1.807) is 25.1 Å². The minimum absolute atomic E-state index is 0.00391. The molecule has 0 aliphatic carbocycles. The van der Waals surface area contributed by atoms with E-state index in [1.165, 1.54) is 0 Å². The van der Waals surface area contributed by atoms with E-state index >= 15 is 0 Å². The molecule has 1 heterocycles. The number of aliphatic hydroxyl groups excluding tert-OH is 1. The highest BCUT2D eigenvalue weighted by molar-refractivity contribution is 9.10. The Morgan fingerprint density at radius 1 is 1.45 bits per heavy atom. The van der Waals surface area contributed by atoms with Crippen LogP contribution in [0.15, 0.2) is 22.7 Å². The third kappa shape index (κ3) is 3.88. The van der Waals surface area contributed by atoms with Gasteiger partial charge in [-0.1, -0.05) is 22.0 Å². The lowest BCUT2D eigenvalue weighted by Crippen LogP contribution is -2.38. The van der Waals surface area contributed by atoms with E-state index in [-0.39, 0.29) is 12.8 Å².